The van der Waals surface area contributed by atoms with Crippen molar-refractivity contribution in [3.63, 3.8) is 0 Å². The van der Waals surface area contributed by atoms with Crippen molar-refractivity contribution in [1.29, 1.82) is 0 Å². The molecule has 1 unspecified atom stereocenters. The van der Waals surface area contributed by atoms with E-state index in [1.54, 1.807) is 0 Å². The molecule has 1 heterocycles. The predicted molar refractivity (Wildman–Crippen MR) is 141 cm³/mol. The van der Waals surface area contributed by atoms with Gasteiger partial charge in [0.25, 0.3) is 0 Å². The van der Waals surface area contributed by atoms with Gasteiger partial charge in [-0.2, -0.15) is 0 Å². The molecule has 2 aromatic carbocycles. The van der Waals surface area contributed by atoms with E-state index in [4.69, 9.17) is 0 Å². The highest BCUT2D eigenvalue weighted by molar-refractivity contribution is 7.92. The zero-order valence-corrected chi connectivity index (χ0v) is 22.0. The van der Waals surface area contributed by atoms with Gasteiger partial charge in [0.1, 0.15) is 0 Å². The van der Waals surface area contributed by atoms with Crippen molar-refractivity contribution in [2.75, 3.05) is 35.1 Å². The molecule has 1 aliphatic heterocycles. The van der Waals surface area contributed by atoms with Crippen molar-refractivity contribution in [2.24, 2.45) is 5.92 Å². The molecule has 1 N–H and O–H groups in total. The largest absolute Gasteiger partial charge is 0.372 e. The number of carbonyl (C=O) groups is 1. The van der Waals surface area contributed by atoms with Crippen LogP contribution in [0.3, 0.4) is 0 Å². The number of anilines is 2. The van der Waals surface area contributed by atoms with Gasteiger partial charge in [-0.3, -0.25) is 9.10 Å². The topological polar surface area (TPSA) is 69.7 Å². The van der Waals surface area contributed by atoms with Crippen molar-refractivity contribution in [1.82, 2.24) is 5.32 Å². The molecule has 3 rings (SSSR count). The maximum absolute atomic E-state index is 12.6. The molecule has 1 amide bonds. The highest BCUT2D eigenvalue weighted by Crippen LogP contribution is 2.26. The monoisotopic (exact) mass is 485 g/mol. The van der Waals surface area contributed by atoms with Gasteiger partial charge in [0, 0.05) is 31.7 Å². The van der Waals surface area contributed by atoms with Crippen molar-refractivity contribution in [2.45, 2.75) is 59.4 Å². The first-order chi connectivity index (χ1) is 16.1. The maximum Gasteiger partial charge on any atom is 0.232 e. The summed E-state index contributed by atoms with van der Waals surface area (Å²) in [6.45, 7) is 10.6. The number of sulfonamides is 1. The number of hydrogen-bond donors (Lipinski definition) is 1. The number of rotatable bonds is 9. The molecule has 1 fully saturated rings. The van der Waals surface area contributed by atoms with Crippen LogP contribution >= 0.6 is 0 Å². The number of nitrogens with one attached hydrogen (secondary N) is 1. The second-order valence-corrected chi connectivity index (χ2v) is 11.6. The van der Waals surface area contributed by atoms with Crippen LogP contribution in [0, 0.1) is 19.8 Å². The minimum Gasteiger partial charge on any atom is -0.372 e. The lowest BCUT2D eigenvalue weighted by atomic mass is 9.98. The quantitative estimate of drug-likeness (QED) is 0.545. The maximum atomic E-state index is 12.6. The van der Waals surface area contributed by atoms with Crippen LogP contribution in [0.1, 0.15) is 62.3 Å². The van der Waals surface area contributed by atoms with Crippen LogP contribution in [0.2, 0.25) is 0 Å². The lowest BCUT2D eigenvalue weighted by Crippen LogP contribution is -2.33. The third-order valence-corrected chi connectivity index (χ3v) is 8.11. The standard InChI is InChI=1S/C27H39N3O3S/c1-20-15-18-29(19-16-20)25-13-11-24(12-14-25)23(4)28-27(31)10-7-17-30(34(5,32)33)26-9-6-8-21(2)22(26)3/h6,8-9,11-14,20,23H,7,10,15-19H2,1-5H3,(H,28,31). The van der Waals surface area contributed by atoms with Crippen LogP contribution in [0.25, 0.3) is 0 Å². The predicted octanol–water partition coefficient (Wildman–Crippen LogP) is 4.96. The van der Waals surface area contributed by atoms with Crippen LogP contribution in [-0.2, 0) is 14.8 Å². The Morgan fingerprint density at radius 2 is 1.76 bits per heavy atom. The average molecular weight is 486 g/mol. The van der Waals surface area contributed by atoms with Crippen molar-refractivity contribution in [3.05, 3.63) is 59.2 Å². The summed E-state index contributed by atoms with van der Waals surface area (Å²) in [6.07, 6.45) is 4.39. The Morgan fingerprint density at radius 3 is 2.38 bits per heavy atom. The van der Waals surface area contributed by atoms with E-state index < -0.39 is 10.0 Å². The normalized spacial score (nSPS) is 15.7. The minimum absolute atomic E-state index is 0.0731. The number of amides is 1. The Kier molecular flexibility index (Phi) is 8.63. The van der Waals surface area contributed by atoms with Crippen LogP contribution in [0.5, 0.6) is 0 Å². The van der Waals surface area contributed by atoms with Gasteiger partial charge in [-0.05, 0) is 80.8 Å². The van der Waals surface area contributed by atoms with Gasteiger partial charge in [-0.15, -0.1) is 0 Å². The van der Waals surface area contributed by atoms with E-state index in [-0.39, 0.29) is 24.9 Å². The summed E-state index contributed by atoms with van der Waals surface area (Å²) in [5.74, 6) is 0.729. The van der Waals surface area contributed by atoms with Crippen molar-refractivity contribution < 1.29 is 13.2 Å². The summed E-state index contributed by atoms with van der Waals surface area (Å²) in [6, 6.07) is 14.0. The Bertz CT molecular complexity index is 1070. The summed E-state index contributed by atoms with van der Waals surface area (Å²) in [5.41, 5.74) is 4.96. The third kappa shape index (κ3) is 6.75. The molecule has 0 aliphatic carbocycles. The van der Waals surface area contributed by atoms with E-state index in [1.165, 1.54) is 29.1 Å². The molecular weight excluding hydrogens is 446 g/mol. The van der Waals surface area contributed by atoms with Gasteiger partial charge in [0.15, 0.2) is 0 Å². The highest BCUT2D eigenvalue weighted by atomic mass is 32.2. The zero-order chi connectivity index (χ0) is 24.9. The summed E-state index contributed by atoms with van der Waals surface area (Å²) in [4.78, 5) is 15.0. The first kappa shape index (κ1) is 26.1. The SMILES string of the molecule is Cc1cccc(N(CCCC(=O)NC(C)c2ccc(N3CCC(C)CC3)cc2)S(C)(=O)=O)c1C. The summed E-state index contributed by atoms with van der Waals surface area (Å²) in [7, 11) is -3.44. The van der Waals surface area contributed by atoms with E-state index in [9.17, 15) is 13.2 Å². The van der Waals surface area contributed by atoms with Gasteiger partial charge in [-0.25, -0.2) is 8.42 Å². The molecular formula is C27H39N3O3S. The first-order valence-corrected chi connectivity index (χ1v) is 14.1. The van der Waals surface area contributed by atoms with Crippen LogP contribution < -0.4 is 14.5 Å². The molecule has 6 nitrogen and oxygen atoms in total. The molecule has 0 saturated carbocycles. The lowest BCUT2D eigenvalue weighted by molar-refractivity contribution is -0.121. The Balaban J connectivity index is 1.53. The van der Waals surface area contributed by atoms with E-state index >= 15 is 0 Å². The first-order valence-electron chi connectivity index (χ1n) is 12.2. The number of piperidine rings is 1. The Labute approximate surface area is 205 Å². The fourth-order valence-electron chi connectivity index (χ4n) is 4.49. The number of hydrogen-bond acceptors (Lipinski definition) is 4. The molecule has 1 saturated heterocycles. The number of benzene rings is 2. The van der Waals surface area contributed by atoms with Crippen LogP contribution in [0.4, 0.5) is 11.4 Å². The van der Waals surface area contributed by atoms with E-state index in [1.807, 2.05) is 39.0 Å². The Hall–Kier alpha value is -2.54. The molecule has 2 aromatic rings. The number of aryl methyl sites for hydroxylation is 1. The second kappa shape index (κ2) is 11.3. The Morgan fingerprint density at radius 1 is 1.12 bits per heavy atom. The zero-order valence-electron chi connectivity index (χ0n) is 21.2. The summed E-state index contributed by atoms with van der Waals surface area (Å²) < 4.78 is 26.2. The summed E-state index contributed by atoms with van der Waals surface area (Å²) >= 11 is 0. The third-order valence-electron chi connectivity index (χ3n) is 6.93. The van der Waals surface area contributed by atoms with Gasteiger partial charge in [-0.1, -0.05) is 31.2 Å². The number of nitrogens with zero attached hydrogens (tertiary/aromatic N) is 2. The molecule has 1 atom stereocenters. The fourth-order valence-corrected chi connectivity index (χ4v) is 5.51. The molecule has 0 radical (unpaired) electrons. The molecule has 34 heavy (non-hydrogen) atoms. The van der Waals surface area contributed by atoms with Gasteiger partial charge in [0.2, 0.25) is 15.9 Å². The van der Waals surface area contributed by atoms with Gasteiger partial charge in [0.05, 0.1) is 18.0 Å². The minimum atomic E-state index is -3.44. The molecule has 7 heteroatoms. The molecule has 1 aliphatic rings. The van der Waals surface area contributed by atoms with Crippen LogP contribution in [-0.4, -0.2) is 40.2 Å². The molecule has 0 spiro atoms. The van der Waals surface area contributed by atoms with E-state index in [0.717, 1.165) is 35.7 Å². The summed E-state index contributed by atoms with van der Waals surface area (Å²) in [5, 5.41) is 3.05. The molecule has 0 aromatic heterocycles. The van der Waals surface area contributed by atoms with Gasteiger partial charge >= 0.3 is 0 Å². The van der Waals surface area contributed by atoms with E-state index in [2.05, 4.69) is 41.4 Å². The fraction of sp³-hybridized carbons (Fsp3) is 0.519. The van der Waals surface area contributed by atoms with Gasteiger partial charge < -0.3 is 10.2 Å². The highest BCUT2D eigenvalue weighted by Gasteiger charge is 2.20. The van der Waals surface area contributed by atoms with Crippen molar-refractivity contribution in [3.8, 4) is 0 Å². The van der Waals surface area contributed by atoms with E-state index in [0.29, 0.717) is 12.1 Å². The smallest absolute Gasteiger partial charge is 0.232 e. The molecule has 0 bridgehead atoms. The molecule has 186 valence electrons. The second-order valence-electron chi connectivity index (χ2n) is 9.71. The van der Waals surface area contributed by atoms with Crippen LogP contribution in [0.15, 0.2) is 42.5 Å². The van der Waals surface area contributed by atoms with Crippen molar-refractivity contribution >= 4 is 27.3 Å². The number of carbonyl (C=O) groups excluding carboxylic acids is 1. The lowest BCUT2D eigenvalue weighted by Gasteiger charge is -2.32. The average Bonchev–Trinajstić information content (AvgIpc) is 2.79.